The molecule has 66 heavy (non-hydrogen) atoms. The number of amides is 4. The lowest BCUT2D eigenvalue weighted by Gasteiger charge is -2.15. The van der Waals surface area contributed by atoms with E-state index in [-0.39, 0.29) is 61.6 Å². The average molecular weight is 997 g/mol. The molecule has 0 saturated carbocycles. The van der Waals surface area contributed by atoms with Crippen LogP contribution >= 0.6 is 58.0 Å². The van der Waals surface area contributed by atoms with Crippen molar-refractivity contribution >= 4 is 127 Å². The number of carbonyl (C=O) groups is 6. The Morgan fingerprint density at radius 3 is 1.41 bits per heavy atom. The fourth-order valence-corrected chi connectivity index (χ4v) is 7.37. The zero-order chi connectivity index (χ0) is 48.1. The Morgan fingerprint density at radius 2 is 1.00 bits per heavy atom. The van der Waals surface area contributed by atoms with Crippen molar-refractivity contribution in [2.75, 3.05) is 35.5 Å². The molecule has 0 aliphatic rings. The summed E-state index contributed by atoms with van der Waals surface area (Å²) < 4.78 is 10.7. The van der Waals surface area contributed by atoms with Crippen LogP contribution < -0.4 is 30.7 Å². The summed E-state index contributed by atoms with van der Waals surface area (Å²) in [7, 11) is 2.96. The van der Waals surface area contributed by atoms with E-state index in [0.29, 0.717) is 39.6 Å². The van der Waals surface area contributed by atoms with Crippen LogP contribution in [0, 0.1) is 0 Å². The van der Waals surface area contributed by atoms with Crippen molar-refractivity contribution < 1.29 is 38.2 Å². The first kappa shape index (κ1) is 50.6. The number of anilines is 4. The maximum Gasteiger partial charge on any atom is 0.258 e. The molecule has 0 spiro atoms. The maximum atomic E-state index is 13.4. The highest BCUT2D eigenvalue weighted by molar-refractivity contribution is 6.32. The van der Waals surface area contributed by atoms with Gasteiger partial charge in [0, 0.05) is 60.9 Å². The Balaban J connectivity index is 1.27. The third-order valence-corrected chi connectivity index (χ3v) is 10.6. The van der Waals surface area contributed by atoms with E-state index in [0.717, 1.165) is 13.8 Å². The van der Waals surface area contributed by atoms with Gasteiger partial charge in [0.15, 0.2) is 11.6 Å². The summed E-state index contributed by atoms with van der Waals surface area (Å²) in [5, 5.41) is 27.0. The Labute approximate surface area is 403 Å². The summed E-state index contributed by atoms with van der Waals surface area (Å²) >= 11 is 31.0. The molecule has 2 atom stereocenters. The lowest BCUT2D eigenvalue weighted by Crippen LogP contribution is -2.32. The molecule has 4 amide bonds. The highest BCUT2D eigenvalue weighted by atomic mass is 35.5. The van der Waals surface area contributed by atoms with Gasteiger partial charge in [-0.05, 0) is 98.3 Å². The van der Waals surface area contributed by atoms with Gasteiger partial charge in [0.2, 0.25) is 12.1 Å². The van der Waals surface area contributed by atoms with Gasteiger partial charge >= 0.3 is 0 Å². The number of nitrogens with one attached hydrogen (secondary N) is 4. The molecule has 0 saturated heterocycles. The molecule has 5 aromatic rings. The summed E-state index contributed by atoms with van der Waals surface area (Å²) in [6.07, 6.45) is 0. The summed E-state index contributed by atoms with van der Waals surface area (Å²) in [6.45, 7) is 2.30. The minimum absolute atomic E-state index is 0.0646. The topological polar surface area (TPSA) is 218 Å². The molecule has 0 radical (unpaired) electrons. The van der Waals surface area contributed by atoms with Crippen molar-refractivity contribution in [3.63, 3.8) is 0 Å². The van der Waals surface area contributed by atoms with E-state index in [1.165, 1.54) is 68.8 Å². The molecule has 5 rings (SSSR count). The zero-order valence-electron chi connectivity index (χ0n) is 35.4. The number of azo groups is 2. The van der Waals surface area contributed by atoms with Crippen LogP contribution in [0.4, 0.5) is 34.1 Å². The first-order valence-electron chi connectivity index (χ1n) is 19.4. The van der Waals surface area contributed by atoms with Gasteiger partial charge in [0.05, 0.1) is 37.4 Å². The van der Waals surface area contributed by atoms with E-state index in [4.69, 9.17) is 67.5 Å². The third kappa shape index (κ3) is 13.1. The average Bonchev–Trinajstić information content (AvgIpc) is 3.28. The zero-order valence-corrected chi connectivity index (χ0v) is 39.2. The molecular weight excluding hydrogens is 958 g/mol. The number of ether oxygens (including phenoxy) is 2. The predicted octanol–water partition coefficient (Wildman–Crippen LogP) is 11.1. The second-order valence-corrected chi connectivity index (χ2v) is 15.7. The van der Waals surface area contributed by atoms with E-state index in [9.17, 15) is 28.8 Å². The van der Waals surface area contributed by atoms with Crippen LogP contribution in [0.5, 0.6) is 11.5 Å². The van der Waals surface area contributed by atoms with Crippen LogP contribution in [0.25, 0.3) is 0 Å². The Kier molecular flexibility index (Phi) is 18.1. The fraction of sp³-hybridized carbons (Fsp3) is 0.200. The molecule has 342 valence electrons. The molecule has 0 aliphatic carbocycles. The highest BCUT2D eigenvalue weighted by Crippen LogP contribution is 2.32. The largest absolute Gasteiger partial charge is 0.496 e. The number of methoxy groups -OCH3 is 2. The Bertz CT molecular complexity index is 2750. The van der Waals surface area contributed by atoms with Gasteiger partial charge in [-0.2, -0.15) is 20.5 Å². The molecule has 0 fully saturated rings. The standard InChI is InChI=1S/C45H39Cl5N8O8/c1-23(59)40(57-55-31-15-25(13-28(49)18-31)42(61)53-36-7-5-9-38(65-3)33(36)21-47)44(63)51-30-11-12-35(27(17-30)20-46)52-45(64)41(24(2)60)58-56-32-16-26(14-29(50)19-32)43(62)54-37-8-6-10-39(66-4)34(37)22-48/h5-19,40-41H,20-22H2,1-4H3,(H,51,63)(H,52,64)(H,53,61)(H,54,62). The molecule has 0 aliphatic heterocycles. The Hall–Kier alpha value is -6.43. The number of nitrogens with zero attached hydrogens (tertiary/aromatic N) is 4. The normalized spacial score (nSPS) is 12.0. The molecule has 0 aromatic heterocycles. The molecule has 16 nitrogen and oxygen atoms in total. The fourth-order valence-electron chi connectivity index (χ4n) is 6.14. The van der Waals surface area contributed by atoms with E-state index in [1.807, 2.05) is 0 Å². The van der Waals surface area contributed by atoms with Crippen molar-refractivity contribution in [2.24, 2.45) is 20.5 Å². The quantitative estimate of drug-likeness (QED) is 0.0353. The lowest BCUT2D eigenvalue weighted by molar-refractivity contribution is -0.127. The van der Waals surface area contributed by atoms with E-state index < -0.39 is 47.3 Å². The minimum atomic E-state index is -1.63. The number of rotatable bonds is 19. The van der Waals surface area contributed by atoms with Crippen molar-refractivity contribution in [1.29, 1.82) is 0 Å². The predicted molar refractivity (Wildman–Crippen MR) is 255 cm³/mol. The van der Waals surface area contributed by atoms with Gasteiger partial charge in [-0.25, -0.2) is 0 Å². The smallest absolute Gasteiger partial charge is 0.258 e. The second kappa shape index (κ2) is 23.7. The van der Waals surface area contributed by atoms with Crippen LogP contribution in [0.3, 0.4) is 0 Å². The van der Waals surface area contributed by atoms with Gasteiger partial charge < -0.3 is 30.7 Å². The van der Waals surface area contributed by atoms with E-state index in [2.05, 4.69) is 41.7 Å². The van der Waals surface area contributed by atoms with E-state index >= 15 is 0 Å². The van der Waals surface area contributed by atoms with Crippen LogP contribution in [-0.4, -0.2) is 61.5 Å². The summed E-state index contributed by atoms with van der Waals surface area (Å²) in [4.78, 5) is 78.5. The van der Waals surface area contributed by atoms with Crippen molar-refractivity contribution in [3.05, 3.63) is 129 Å². The SMILES string of the molecule is COc1cccc(NC(=O)c2cc(Cl)cc(N=NC(C(C)=O)C(=O)Nc3ccc(NC(=O)C(N=Nc4cc(Cl)cc(C(=O)Nc5cccc(OC)c5CCl)c4)C(C)=O)c(CCl)c3)c2)c1CCl. The lowest BCUT2D eigenvalue weighted by atomic mass is 10.1. The number of benzene rings is 5. The summed E-state index contributed by atoms with van der Waals surface area (Å²) in [6, 6.07) is 19.5. The first-order chi connectivity index (χ1) is 31.6. The molecule has 5 aromatic carbocycles. The molecule has 21 heteroatoms. The van der Waals surface area contributed by atoms with Gasteiger partial charge in [-0.15, -0.1) is 34.8 Å². The number of hydrogen-bond acceptors (Lipinski definition) is 12. The van der Waals surface area contributed by atoms with Gasteiger partial charge in [0.25, 0.3) is 23.6 Å². The van der Waals surface area contributed by atoms with Crippen LogP contribution in [-0.2, 0) is 36.8 Å². The van der Waals surface area contributed by atoms with Crippen molar-refractivity contribution in [2.45, 2.75) is 43.6 Å². The Morgan fingerprint density at radius 1 is 0.545 bits per heavy atom. The van der Waals surface area contributed by atoms with Gasteiger partial charge in [-0.1, -0.05) is 35.3 Å². The van der Waals surface area contributed by atoms with Crippen LogP contribution in [0.1, 0.15) is 51.3 Å². The molecule has 2 unspecified atom stereocenters. The number of halogens is 5. The van der Waals surface area contributed by atoms with Crippen LogP contribution in [0.15, 0.2) is 111 Å². The number of hydrogen-bond donors (Lipinski definition) is 4. The number of alkyl halides is 3. The first-order valence-corrected chi connectivity index (χ1v) is 21.8. The molecular formula is C45H39Cl5N8O8. The monoisotopic (exact) mass is 994 g/mol. The summed E-state index contributed by atoms with van der Waals surface area (Å²) in [5.41, 5.74) is 3.00. The molecule has 4 N–H and O–H groups in total. The maximum absolute atomic E-state index is 13.4. The van der Waals surface area contributed by atoms with Crippen molar-refractivity contribution in [3.8, 4) is 11.5 Å². The van der Waals surface area contributed by atoms with Crippen LogP contribution in [0.2, 0.25) is 10.0 Å². The molecule has 0 heterocycles. The second-order valence-electron chi connectivity index (χ2n) is 14.0. The third-order valence-electron chi connectivity index (χ3n) is 9.38. The molecule has 0 bridgehead atoms. The minimum Gasteiger partial charge on any atom is -0.496 e. The van der Waals surface area contributed by atoms with Crippen molar-refractivity contribution in [1.82, 2.24) is 0 Å². The number of carbonyl (C=O) groups excluding carboxylic acids is 6. The highest BCUT2D eigenvalue weighted by Gasteiger charge is 2.26. The van der Waals surface area contributed by atoms with Gasteiger partial charge in [0.1, 0.15) is 11.5 Å². The number of ketones is 2. The van der Waals surface area contributed by atoms with E-state index in [1.54, 1.807) is 36.4 Å². The summed E-state index contributed by atoms with van der Waals surface area (Å²) in [5.74, 6) is -3.18. The number of Topliss-reactive ketones (excluding diaryl/α,β-unsaturated/α-hetero) is 2. The van der Waals surface area contributed by atoms with Gasteiger partial charge in [-0.3, -0.25) is 28.8 Å².